The van der Waals surface area contributed by atoms with Gasteiger partial charge in [0.1, 0.15) is 5.82 Å². The fourth-order valence-corrected chi connectivity index (χ4v) is 3.21. The van der Waals surface area contributed by atoms with Crippen LogP contribution in [0.2, 0.25) is 0 Å². The number of benzene rings is 2. The van der Waals surface area contributed by atoms with Crippen molar-refractivity contribution in [1.82, 2.24) is 4.98 Å². The molecule has 0 spiro atoms. The third-order valence-electron chi connectivity index (χ3n) is 4.77. The monoisotopic (exact) mass is 427 g/mol. The Labute approximate surface area is 176 Å². The maximum Gasteiger partial charge on any atom is 0.341 e. The first-order chi connectivity index (χ1) is 15.0. The highest BCUT2D eigenvalue weighted by molar-refractivity contribution is 5.96. The Kier molecular flexibility index (Phi) is 5.89. The van der Waals surface area contributed by atoms with Gasteiger partial charge >= 0.3 is 5.97 Å². The van der Waals surface area contributed by atoms with Crippen LogP contribution in [-0.2, 0) is 16.1 Å². The molecule has 1 aromatic heterocycles. The number of carbonyl (C=O) groups excluding carboxylic acids is 1. The van der Waals surface area contributed by atoms with Gasteiger partial charge in [-0.15, -0.1) is 0 Å². The number of morpholine rings is 1. The lowest BCUT2D eigenvalue weighted by molar-refractivity contribution is -0.384. The Balaban J connectivity index is 1.50. The van der Waals surface area contributed by atoms with Crippen molar-refractivity contribution in [3.63, 3.8) is 0 Å². The number of halogens is 1. The predicted molar refractivity (Wildman–Crippen MR) is 107 cm³/mol. The van der Waals surface area contributed by atoms with Crippen LogP contribution in [0.4, 0.5) is 15.8 Å². The summed E-state index contributed by atoms with van der Waals surface area (Å²) in [6.07, 6.45) is 1.45. The summed E-state index contributed by atoms with van der Waals surface area (Å²) in [4.78, 5) is 29.3. The quantitative estimate of drug-likeness (QED) is 0.334. The molecule has 160 valence electrons. The van der Waals surface area contributed by atoms with Crippen molar-refractivity contribution < 1.29 is 28.0 Å². The highest BCUT2D eigenvalue weighted by atomic mass is 19.1. The molecule has 0 atom stereocenters. The smallest absolute Gasteiger partial charge is 0.341 e. The second-order valence-electron chi connectivity index (χ2n) is 6.76. The molecule has 1 aliphatic heterocycles. The summed E-state index contributed by atoms with van der Waals surface area (Å²) < 4.78 is 29.3. The molecule has 0 unspecified atom stereocenters. The van der Waals surface area contributed by atoms with Gasteiger partial charge in [-0.2, -0.15) is 0 Å². The number of oxazole rings is 1. The number of nitro groups is 1. The molecule has 0 saturated carbocycles. The van der Waals surface area contributed by atoms with Crippen LogP contribution in [0.5, 0.6) is 0 Å². The minimum atomic E-state index is -0.730. The lowest BCUT2D eigenvalue weighted by Crippen LogP contribution is -2.37. The van der Waals surface area contributed by atoms with Crippen molar-refractivity contribution in [1.29, 1.82) is 0 Å². The van der Waals surface area contributed by atoms with Crippen molar-refractivity contribution in [3.05, 3.63) is 76.0 Å². The highest BCUT2D eigenvalue weighted by Crippen LogP contribution is 2.28. The Morgan fingerprint density at radius 2 is 1.94 bits per heavy atom. The van der Waals surface area contributed by atoms with Crippen molar-refractivity contribution in [2.75, 3.05) is 31.2 Å². The van der Waals surface area contributed by atoms with Gasteiger partial charge in [-0.3, -0.25) is 10.1 Å². The third kappa shape index (κ3) is 4.69. The van der Waals surface area contributed by atoms with E-state index < -0.39 is 10.9 Å². The number of carbonyl (C=O) groups is 1. The molecule has 9 nitrogen and oxygen atoms in total. The largest absolute Gasteiger partial charge is 0.452 e. The molecule has 10 heteroatoms. The minimum Gasteiger partial charge on any atom is -0.452 e. The molecule has 4 rings (SSSR count). The van der Waals surface area contributed by atoms with E-state index in [2.05, 4.69) is 4.98 Å². The van der Waals surface area contributed by atoms with Crippen molar-refractivity contribution >= 4 is 17.3 Å². The van der Waals surface area contributed by atoms with E-state index in [-0.39, 0.29) is 29.6 Å². The lowest BCUT2D eigenvalue weighted by Gasteiger charge is -2.30. The van der Waals surface area contributed by atoms with E-state index in [0.717, 1.165) is 0 Å². The Bertz CT molecular complexity index is 1090. The molecule has 1 fully saturated rings. The second-order valence-corrected chi connectivity index (χ2v) is 6.76. The molecule has 1 aliphatic rings. The number of esters is 1. The Morgan fingerprint density at radius 1 is 1.19 bits per heavy atom. The van der Waals surface area contributed by atoms with Gasteiger partial charge in [-0.05, 0) is 30.3 Å². The molecular weight excluding hydrogens is 409 g/mol. The molecule has 3 aromatic rings. The maximum atomic E-state index is 13.1. The molecule has 31 heavy (non-hydrogen) atoms. The molecule has 0 radical (unpaired) electrons. The molecule has 0 amide bonds. The molecule has 2 heterocycles. The SMILES string of the molecule is O=C(OCc1ncc(-c2ccc(F)cc2)o1)c1cc([N+](=O)[O-])ccc1N1CCOCC1. The number of ether oxygens (including phenoxy) is 2. The maximum absolute atomic E-state index is 13.1. The van der Waals surface area contributed by atoms with Gasteiger partial charge in [-0.25, -0.2) is 14.2 Å². The number of anilines is 1. The molecule has 0 N–H and O–H groups in total. The molecule has 0 bridgehead atoms. The van der Waals surface area contributed by atoms with E-state index >= 15 is 0 Å². The van der Waals surface area contributed by atoms with Crippen molar-refractivity contribution in [2.45, 2.75) is 6.61 Å². The summed E-state index contributed by atoms with van der Waals surface area (Å²) >= 11 is 0. The average molecular weight is 427 g/mol. The van der Waals surface area contributed by atoms with Gasteiger partial charge in [0, 0.05) is 30.8 Å². The van der Waals surface area contributed by atoms with Crippen LogP contribution >= 0.6 is 0 Å². The van der Waals surface area contributed by atoms with Crippen LogP contribution in [0, 0.1) is 15.9 Å². The average Bonchev–Trinajstić information content (AvgIpc) is 3.27. The Morgan fingerprint density at radius 3 is 2.65 bits per heavy atom. The van der Waals surface area contributed by atoms with E-state index in [1.165, 1.54) is 36.5 Å². The number of rotatable bonds is 6. The lowest BCUT2D eigenvalue weighted by atomic mass is 10.1. The summed E-state index contributed by atoms with van der Waals surface area (Å²) in [6, 6.07) is 9.78. The van der Waals surface area contributed by atoms with E-state index in [0.29, 0.717) is 43.3 Å². The Hall–Kier alpha value is -3.79. The van der Waals surface area contributed by atoms with Crippen LogP contribution < -0.4 is 4.90 Å². The zero-order valence-electron chi connectivity index (χ0n) is 16.3. The van der Waals surface area contributed by atoms with Crippen LogP contribution in [0.1, 0.15) is 16.2 Å². The zero-order valence-corrected chi connectivity index (χ0v) is 16.3. The highest BCUT2D eigenvalue weighted by Gasteiger charge is 2.23. The van der Waals surface area contributed by atoms with Gasteiger partial charge in [0.2, 0.25) is 5.89 Å². The van der Waals surface area contributed by atoms with Crippen LogP contribution in [-0.4, -0.2) is 42.2 Å². The number of hydrogen-bond donors (Lipinski definition) is 0. The van der Waals surface area contributed by atoms with E-state index in [9.17, 15) is 19.3 Å². The fraction of sp³-hybridized carbons (Fsp3) is 0.238. The first kappa shape index (κ1) is 20.5. The van der Waals surface area contributed by atoms with E-state index in [1.54, 1.807) is 12.1 Å². The molecule has 0 aliphatic carbocycles. The normalized spacial score (nSPS) is 13.8. The van der Waals surface area contributed by atoms with Crippen molar-refractivity contribution in [3.8, 4) is 11.3 Å². The molecule has 2 aromatic carbocycles. The number of nitrogens with zero attached hydrogens (tertiary/aromatic N) is 3. The standard InChI is InChI=1S/C21H18FN3O6/c22-15-3-1-14(2-4-15)19-12-23-20(31-19)13-30-21(26)17-11-16(25(27)28)5-6-18(17)24-7-9-29-10-8-24/h1-6,11-12H,7-10,13H2. The van der Waals surface area contributed by atoms with Crippen molar-refractivity contribution in [2.24, 2.45) is 0 Å². The summed E-state index contributed by atoms with van der Waals surface area (Å²) in [5, 5.41) is 11.2. The molecular formula is C21H18FN3O6. The van der Waals surface area contributed by atoms with E-state index in [4.69, 9.17) is 13.9 Å². The topological polar surface area (TPSA) is 108 Å². The summed E-state index contributed by atoms with van der Waals surface area (Å²) in [7, 11) is 0. The third-order valence-corrected chi connectivity index (χ3v) is 4.77. The summed E-state index contributed by atoms with van der Waals surface area (Å²) in [5.41, 5.74) is 1.04. The second kappa shape index (κ2) is 8.92. The van der Waals surface area contributed by atoms with Gasteiger partial charge < -0.3 is 18.8 Å². The predicted octanol–water partition coefficient (Wildman–Crippen LogP) is 3.58. The van der Waals surface area contributed by atoms with Gasteiger partial charge in [0.15, 0.2) is 12.4 Å². The number of nitro benzene ring substituents is 1. The fourth-order valence-electron chi connectivity index (χ4n) is 3.21. The first-order valence-electron chi connectivity index (χ1n) is 9.50. The van der Waals surface area contributed by atoms with Gasteiger partial charge in [-0.1, -0.05) is 0 Å². The minimum absolute atomic E-state index is 0.0846. The first-order valence-corrected chi connectivity index (χ1v) is 9.50. The number of aromatic nitrogens is 1. The van der Waals surface area contributed by atoms with E-state index in [1.807, 2.05) is 4.90 Å². The van der Waals surface area contributed by atoms with Crippen LogP contribution in [0.15, 0.2) is 53.1 Å². The number of non-ortho nitro benzene ring substituents is 1. The number of hydrogen-bond acceptors (Lipinski definition) is 8. The zero-order chi connectivity index (χ0) is 21.8. The van der Waals surface area contributed by atoms with Crippen LogP contribution in [0.3, 0.4) is 0 Å². The van der Waals surface area contributed by atoms with Gasteiger partial charge in [0.25, 0.3) is 5.69 Å². The summed E-state index contributed by atoms with van der Waals surface area (Å²) in [5.74, 6) is -0.557. The van der Waals surface area contributed by atoms with Crippen LogP contribution in [0.25, 0.3) is 11.3 Å². The molecule has 1 saturated heterocycles. The van der Waals surface area contributed by atoms with Gasteiger partial charge in [0.05, 0.1) is 35.6 Å². The summed E-state index contributed by atoms with van der Waals surface area (Å²) in [6.45, 7) is 1.84.